The zero-order valence-electron chi connectivity index (χ0n) is 27.7. The van der Waals surface area contributed by atoms with Gasteiger partial charge in [-0.2, -0.15) is 0 Å². The summed E-state index contributed by atoms with van der Waals surface area (Å²) < 4.78 is 17.9. The molecule has 14 heteroatoms. The number of benzene rings is 2. The number of aromatic nitrogens is 4. The number of fused-ring (bicyclic) bond motifs is 1. The Hall–Kier alpha value is -4.91. The van der Waals surface area contributed by atoms with Crippen LogP contribution in [0.4, 0.5) is 15.5 Å². The molecule has 13 nitrogen and oxygen atoms in total. The third-order valence-corrected chi connectivity index (χ3v) is 7.97. The van der Waals surface area contributed by atoms with E-state index in [-0.39, 0.29) is 19.2 Å². The lowest BCUT2D eigenvalue weighted by molar-refractivity contribution is -0.145. The Morgan fingerprint density at radius 2 is 1.88 bits per heavy atom. The molecule has 1 aliphatic rings. The fraction of sp³-hybridized carbons (Fsp3) is 0.412. The van der Waals surface area contributed by atoms with Crippen molar-refractivity contribution >= 4 is 46.7 Å². The van der Waals surface area contributed by atoms with Crippen molar-refractivity contribution in [3.63, 3.8) is 0 Å². The Labute approximate surface area is 284 Å². The summed E-state index contributed by atoms with van der Waals surface area (Å²) in [6.45, 7) is 6.77. The monoisotopic (exact) mass is 677 g/mol. The number of amides is 2. The van der Waals surface area contributed by atoms with Crippen LogP contribution in [0.15, 0.2) is 61.1 Å². The largest absolute Gasteiger partial charge is 0.467 e. The van der Waals surface area contributed by atoms with E-state index in [9.17, 15) is 14.4 Å². The van der Waals surface area contributed by atoms with Crippen LogP contribution in [0, 0.1) is 0 Å². The second-order valence-electron chi connectivity index (χ2n) is 12.6. The topological polar surface area (TPSA) is 141 Å². The lowest BCUT2D eigenvalue weighted by Gasteiger charge is -2.27. The molecule has 1 N–H and O–H groups in total. The number of methoxy groups -OCH3 is 1. The third-order valence-electron chi connectivity index (χ3n) is 7.75. The van der Waals surface area contributed by atoms with E-state index in [1.54, 1.807) is 57.4 Å². The van der Waals surface area contributed by atoms with E-state index in [1.807, 2.05) is 41.0 Å². The average Bonchev–Trinajstić information content (AvgIpc) is 3.67. The van der Waals surface area contributed by atoms with Gasteiger partial charge in [0.25, 0.3) is 0 Å². The first-order chi connectivity index (χ1) is 22.9. The number of esters is 1. The zero-order valence-corrected chi connectivity index (χ0v) is 28.4. The molecule has 4 aromatic rings. The second kappa shape index (κ2) is 14.9. The smallest absolute Gasteiger partial charge is 0.411 e. The number of anilines is 1. The number of hydrogen-bond donors (Lipinski definition) is 1. The van der Waals surface area contributed by atoms with E-state index in [1.165, 1.54) is 12.0 Å². The Balaban J connectivity index is 1.28. The molecule has 48 heavy (non-hydrogen) atoms. The minimum Gasteiger partial charge on any atom is -0.467 e. The molecule has 2 aromatic heterocycles. The SMILES string of the molecule is COC(=O)[C@@H]1C[C@H](Nc2nccc(-c3cc(Cl)cc4ncn(CCCN(C)C(=O)OCc5ccccc5)c34)n2)CN1C(=O)OC(C)(C)C. The number of carbonyl (C=O) groups is 3. The van der Waals surface area contributed by atoms with Crippen molar-refractivity contribution in [1.82, 2.24) is 29.3 Å². The average molecular weight is 678 g/mol. The van der Waals surface area contributed by atoms with E-state index in [2.05, 4.69) is 15.3 Å². The van der Waals surface area contributed by atoms with Crippen LogP contribution in [0.25, 0.3) is 22.3 Å². The molecule has 2 atom stereocenters. The molecule has 1 saturated heterocycles. The first kappa shape index (κ1) is 34.4. The summed E-state index contributed by atoms with van der Waals surface area (Å²) in [4.78, 5) is 54.7. The maximum absolute atomic E-state index is 12.9. The molecule has 2 amide bonds. The van der Waals surface area contributed by atoms with Crippen molar-refractivity contribution in [2.45, 2.75) is 64.4 Å². The molecule has 5 rings (SSSR count). The summed E-state index contributed by atoms with van der Waals surface area (Å²) in [6.07, 6.45) is 3.33. The van der Waals surface area contributed by atoms with Gasteiger partial charge in [0, 0.05) is 55.9 Å². The lowest BCUT2D eigenvalue weighted by atomic mass is 10.1. The Bertz CT molecular complexity index is 1760. The second-order valence-corrected chi connectivity index (χ2v) is 13.0. The van der Waals surface area contributed by atoms with E-state index < -0.39 is 29.8 Å². The van der Waals surface area contributed by atoms with Crippen molar-refractivity contribution in [1.29, 1.82) is 0 Å². The molecule has 3 heterocycles. The molecular formula is C34H40ClN7O6. The van der Waals surface area contributed by atoms with Crippen molar-refractivity contribution in [3.8, 4) is 11.3 Å². The fourth-order valence-electron chi connectivity index (χ4n) is 5.52. The van der Waals surface area contributed by atoms with Crippen molar-refractivity contribution in [3.05, 3.63) is 71.6 Å². The number of rotatable bonds is 10. The highest BCUT2D eigenvalue weighted by Crippen LogP contribution is 2.32. The molecule has 2 aromatic carbocycles. The molecule has 0 aliphatic carbocycles. The number of ether oxygens (including phenoxy) is 3. The van der Waals surface area contributed by atoms with E-state index in [4.69, 9.17) is 30.8 Å². The molecule has 1 fully saturated rings. The van der Waals surface area contributed by atoms with Crippen molar-refractivity contribution < 1.29 is 28.6 Å². The van der Waals surface area contributed by atoms with Crippen LogP contribution in [0.1, 0.15) is 39.2 Å². The maximum atomic E-state index is 12.9. The van der Waals surface area contributed by atoms with Gasteiger partial charge in [-0.1, -0.05) is 41.9 Å². The van der Waals surface area contributed by atoms with Crippen molar-refractivity contribution in [2.24, 2.45) is 0 Å². The lowest BCUT2D eigenvalue weighted by Crippen LogP contribution is -2.44. The highest BCUT2D eigenvalue weighted by molar-refractivity contribution is 6.31. The van der Waals surface area contributed by atoms with Crippen LogP contribution >= 0.6 is 11.6 Å². The Morgan fingerprint density at radius 3 is 2.60 bits per heavy atom. The first-order valence-corrected chi connectivity index (χ1v) is 16.0. The minimum absolute atomic E-state index is 0.199. The number of aryl methyl sites for hydroxylation is 1. The van der Waals surface area contributed by atoms with Gasteiger partial charge in [-0.15, -0.1) is 0 Å². The number of nitrogens with zero attached hydrogens (tertiary/aromatic N) is 6. The molecule has 0 radical (unpaired) electrons. The molecule has 254 valence electrons. The zero-order chi connectivity index (χ0) is 34.4. The van der Waals surface area contributed by atoms with Gasteiger partial charge in [-0.3, -0.25) is 4.90 Å². The quantitative estimate of drug-likeness (QED) is 0.162. The van der Waals surface area contributed by atoms with E-state index in [0.29, 0.717) is 48.1 Å². The Kier molecular flexibility index (Phi) is 10.7. The van der Waals surface area contributed by atoms with Gasteiger partial charge >= 0.3 is 18.2 Å². The molecular weight excluding hydrogens is 638 g/mol. The molecule has 1 aliphatic heterocycles. The predicted molar refractivity (Wildman–Crippen MR) is 180 cm³/mol. The van der Waals surface area contributed by atoms with Gasteiger partial charge in [0.2, 0.25) is 5.95 Å². The summed E-state index contributed by atoms with van der Waals surface area (Å²) in [7, 11) is 3.00. The first-order valence-electron chi connectivity index (χ1n) is 15.7. The van der Waals surface area contributed by atoms with Gasteiger partial charge in [0.1, 0.15) is 18.2 Å². The number of hydrogen-bond acceptors (Lipinski definition) is 10. The van der Waals surface area contributed by atoms with Crippen LogP contribution in [0.2, 0.25) is 5.02 Å². The highest BCUT2D eigenvalue weighted by atomic mass is 35.5. The molecule has 0 spiro atoms. The summed E-state index contributed by atoms with van der Waals surface area (Å²) in [6, 6.07) is 13.8. The number of likely N-dealkylation sites (tertiary alicyclic amines) is 1. The summed E-state index contributed by atoms with van der Waals surface area (Å²) in [5.41, 5.74) is 3.10. The summed E-state index contributed by atoms with van der Waals surface area (Å²) in [5.74, 6) is -0.202. The molecule has 0 bridgehead atoms. The van der Waals surface area contributed by atoms with Crippen molar-refractivity contribution in [2.75, 3.05) is 32.6 Å². The summed E-state index contributed by atoms with van der Waals surface area (Å²) in [5, 5.41) is 3.77. The number of nitrogens with one attached hydrogen (secondary N) is 1. The predicted octanol–water partition coefficient (Wildman–Crippen LogP) is 5.77. The standard InChI is InChI=1S/C34H40ClN7O6/c1-34(2,3)48-33(45)42-19-24(18-28(42)30(43)46-5)38-31-36-13-12-26(39-31)25-16-23(35)17-27-29(25)41(21-37-27)15-9-14-40(4)32(44)47-20-22-10-7-6-8-11-22/h6-8,10-13,16-17,21,24,28H,9,14-15,18-20H2,1-5H3,(H,36,38,39)/t24-,28-/m0/s1. The maximum Gasteiger partial charge on any atom is 0.411 e. The minimum atomic E-state index is -0.808. The van der Waals surface area contributed by atoms with E-state index >= 15 is 0 Å². The number of carbonyl (C=O) groups excluding carboxylic acids is 3. The highest BCUT2D eigenvalue weighted by Gasteiger charge is 2.42. The normalized spacial score (nSPS) is 16.1. The van der Waals surface area contributed by atoms with Gasteiger partial charge < -0.3 is 29.0 Å². The Morgan fingerprint density at radius 1 is 1.10 bits per heavy atom. The van der Waals surface area contributed by atoms with Crippen LogP contribution in [-0.2, 0) is 32.2 Å². The fourth-order valence-corrected chi connectivity index (χ4v) is 5.73. The number of halogens is 1. The molecule has 0 saturated carbocycles. The van der Waals surface area contributed by atoms with Gasteiger partial charge in [0.15, 0.2) is 0 Å². The van der Waals surface area contributed by atoms with Gasteiger partial charge in [-0.05, 0) is 51.0 Å². The van der Waals surface area contributed by atoms with E-state index in [0.717, 1.165) is 16.6 Å². The van der Waals surface area contributed by atoms with Crippen LogP contribution < -0.4 is 5.32 Å². The van der Waals surface area contributed by atoms with Crippen LogP contribution in [-0.4, -0.2) is 92.4 Å². The third kappa shape index (κ3) is 8.51. The summed E-state index contributed by atoms with van der Waals surface area (Å²) >= 11 is 6.51. The molecule has 0 unspecified atom stereocenters. The number of imidazole rings is 1. The van der Waals surface area contributed by atoms with Gasteiger partial charge in [0.05, 0.1) is 30.2 Å². The van der Waals surface area contributed by atoms with Gasteiger partial charge in [-0.25, -0.2) is 29.3 Å². The van der Waals surface area contributed by atoms with Crippen LogP contribution in [0.3, 0.4) is 0 Å². The van der Waals surface area contributed by atoms with Crippen LogP contribution in [0.5, 0.6) is 0 Å².